The maximum absolute atomic E-state index is 11.6. The third kappa shape index (κ3) is 3.69. The lowest BCUT2D eigenvalue weighted by atomic mass is 10.2. The van der Waals surface area contributed by atoms with Crippen molar-refractivity contribution in [3.8, 4) is 0 Å². The van der Waals surface area contributed by atoms with Crippen molar-refractivity contribution in [2.75, 3.05) is 23.3 Å². The molecule has 0 bridgehead atoms. The average Bonchev–Trinajstić information content (AvgIpc) is 2.13. The molecule has 0 saturated carbocycles. The van der Waals surface area contributed by atoms with Gasteiger partial charge < -0.3 is 4.74 Å². The minimum absolute atomic E-state index is 0.0783. The maximum Gasteiger partial charge on any atom is 0.245 e. The predicted octanol–water partition coefficient (Wildman–Crippen LogP) is 0.559. The van der Waals surface area contributed by atoms with Crippen LogP contribution in [0, 0.1) is 0 Å². The van der Waals surface area contributed by atoms with Crippen LogP contribution in [0.1, 0.15) is 5.56 Å². The summed E-state index contributed by atoms with van der Waals surface area (Å²) in [6, 6.07) is 6.18. The van der Waals surface area contributed by atoms with Crippen LogP contribution in [0.2, 0.25) is 0 Å². The van der Waals surface area contributed by atoms with Gasteiger partial charge in [0.1, 0.15) is 0 Å². The lowest BCUT2D eigenvalue weighted by molar-refractivity contribution is 0.185. The van der Waals surface area contributed by atoms with E-state index in [-0.39, 0.29) is 12.3 Å². The normalized spacial score (nSPS) is 12.4. The van der Waals surface area contributed by atoms with Crippen molar-refractivity contribution in [2.24, 2.45) is 0 Å². The highest BCUT2D eigenvalue weighted by molar-refractivity contribution is 8.09. The fraction of sp³-hybridized carbons (Fsp3) is 0.400. The minimum atomic E-state index is -3.90. The van der Waals surface area contributed by atoms with Crippen LogP contribution >= 0.6 is 0 Å². The second-order valence-corrected chi connectivity index (χ2v) is 7.72. The number of hydrogen-bond acceptors (Lipinski definition) is 5. The number of nitrogens with zero attached hydrogens (tertiary/aromatic N) is 1. The molecule has 6 nitrogen and oxygen atoms in total. The monoisotopic (exact) mass is 293 g/mol. The van der Waals surface area contributed by atoms with Crippen LogP contribution < -0.4 is 3.71 Å². The molecule has 0 aliphatic rings. The molecule has 8 heteroatoms. The van der Waals surface area contributed by atoms with E-state index in [1.54, 1.807) is 12.1 Å². The Morgan fingerprint density at radius 2 is 1.67 bits per heavy atom. The summed E-state index contributed by atoms with van der Waals surface area (Å²) in [5.41, 5.74) is 0.766. The molecule has 0 aliphatic carbocycles. The summed E-state index contributed by atoms with van der Waals surface area (Å²) in [5, 5.41) is 0. The summed E-state index contributed by atoms with van der Waals surface area (Å²) in [6.07, 6.45) is 1.69. The Morgan fingerprint density at radius 3 is 2.11 bits per heavy atom. The van der Waals surface area contributed by atoms with Crippen LogP contribution in [0.4, 0.5) is 5.69 Å². The van der Waals surface area contributed by atoms with Crippen LogP contribution in [0.5, 0.6) is 0 Å². The van der Waals surface area contributed by atoms with E-state index in [9.17, 15) is 16.8 Å². The topological polar surface area (TPSA) is 80.8 Å². The Balaban J connectivity index is 3.36. The first-order valence-electron chi connectivity index (χ1n) is 4.94. The highest BCUT2D eigenvalue weighted by Crippen LogP contribution is 2.22. The first-order valence-corrected chi connectivity index (χ1v) is 8.64. The largest absolute Gasteiger partial charge is 0.380 e. The Hall–Kier alpha value is -1.12. The van der Waals surface area contributed by atoms with Gasteiger partial charge in [-0.3, -0.25) is 0 Å². The summed E-state index contributed by atoms with van der Waals surface area (Å²) >= 11 is 0. The van der Waals surface area contributed by atoms with Crippen LogP contribution in [0.3, 0.4) is 0 Å². The van der Waals surface area contributed by atoms with Gasteiger partial charge in [-0.25, -0.2) is 16.8 Å². The van der Waals surface area contributed by atoms with Gasteiger partial charge in [-0.2, -0.15) is 3.71 Å². The van der Waals surface area contributed by atoms with Crippen molar-refractivity contribution < 1.29 is 21.6 Å². The summed E-state index contributed by atoms with van der Waals surface area (Å²) in [5.74, 6) is 0. The zero-order chi connectivity index (χ0) is 14.0. The van der Waals surface area contributed by atoms with Crippen LogP contribution in [0.25, 0.3) is 0 Å². The van der Waals surface area contributed by atoms with Gasteiger partial charge in [-0.05, 0) is 17.7 Å². The molecular formula is C10H15NO5S2. The average molecular weight is 293 g/mol. The summed E-state index contributed by atoms with van der Waals surface area (Å²) < 4.78 is 51.6. The molecule has 0 spiro atoms. The van der Waals surface area contributed by atoms with Gasteiger partial charge in [0.15, 0.2) is 0 Å². The molecule has 0 unspecified atom stereocenters. The number of sulfonamides is 2. The quantitative estimate of drug-likeness (QED) is 0.792. The minimum Gasteiger partial charge on any atom is -0.380 e. The molecule has 0 atom stereocenters. The number of hydrogen-bond donors (Lipinski definition) is 0. The Bertz CT molecular complexity index is 589. The third-order valence-corrected chi connectivity index (χ3v) is 5.29. The molecule has 0 amide bonds. The second kappa shape index (κ2) is 5.25. The molecule has 18 heavy (non-hydrogen) atoms. The molecule has 0 heterocycles. The van der Waals surface area contributed by atoms with E-state index in [2.05, 4.69) is 0 Å². The summed E-state index contributed by atoms with van der Waals surface area (Å²) in [7, 11) is -6.31. The number of anilines is 1. The number of methoxy groups -OCH3 is 1. The SMILES string of the molecule is COCc1cccc(N(S(C)(=O)=O)S(C)(=O)=O)c1. The first kappa shape index (κ1) is 14.9. The number of ether oxygens (including phenoxy) is 1. The van der Waals surface area contributed by atoms with E-state index in [0.29, 0.717) is 9.27 Å². The maximum atomic E-state index is 11.6. The van der Waals surface area contributed by atoms with E-state index in [4.69, 9.17) is 4.74 Å². The number of rotatable bonds is 5. The summed E-state index contributed by atoms with van der Waals surface area (Å²) in [6.45, 7) is 0.273. The van der Waals surface area contributed by atoms with Crippen molar-refractivity contribution in [1.82, 2.24) is 0 Å². The predicted molar refractivity (Wildman–Crippen MR) is 69.3 cm³/mol. The van der Waals surface area contributed by atoms with Crippen molar-refractivity contribution >= 4 is 25.7 Å². The second-order valence-electron chi connectivity index (χ2n) is 3.83. The van der Waals surface area contributed by atoms with Gasteiger partial charge in [0, 0.05) is 7.11 Å². The molecule has 0 N–H and O–H groups in total. The molecule has 1 rings (SSSR count). The van der Waals surface area contributed by atoms with Gasteiger partial charge in [0.2, 0.25) is 20.0 Å². The van der Waals surface area contributed by atoms with Crippen LogP contribution in [-0.2, 0) is 31.4 Å². The molecule has 0 aromatic heterocycles. The molecule has 0 radical (unpaired) electrons. The highest BCUT2D eigenvalue weighted by Gasteiger charge is 2.27. The van der Waals surface area contributed by atoms with Crippen molar-refractivity contribution in [3.63, 3.8) is 0 Å². The van der Waals surface area contributed by atoms with Crippen LogP contribution in [-0.4, -0.2) is 36.5 Å². The van der Waals surface area contributed by atoms with E-state index in [0.717, 1.165) is 12.5 Å². The zero-order valence-corrected chi connectivity index (χ0v) is 12.0. The number of benzene rings is 1. The zero-order valence-electron chi connectivity index (χ0n) is 10.3. The fourth-order valence-electron chi connectivity index (χ4n) is 1.56. The molecule has 0 aliphatic heterocycles. The fourth-order valence-corrected chi connectivity index (χ4v) is 4.52. The van der Waals surface area contributed by atoms with Gasteiger partial charge >= 0.3 is 0 Å². The molecule has 0 fully saturated rings. The molecule has 102 valence electrons. The Labute approximate surface area is 107 Å². The smallest absolute Gasteiger partial charge is 0.245 e. The lowest BCUT2D eigenvalue weighted by Gasteiger charge is -2.20. The molecule has 1 aromatic rings. The van der Waals surface area contributed by atoms with Crippen molar-refractivity contribution in [3.05, 3.63) is 29.8 Å². The van der Waals surface area contributed by atoms with Gasteiger partial charge in [-0.1, -0.05) is 12.1 Å². The third-order valence-electron chi connectivity index (χ3n) is 2.03. The standard InChI is InChI=1S/C10H15NO5S2/c1-16-8-9-5-4-6-10(7-9)11(17(2,12)13)18(3,14)15/h4-7H,8H2,1-3H3. The molecule has 1 aromatic carbocycles. The highest BCUT2D eigenvalue weighted by atomic mass is 32.3. The lowest BCUT2D eigenvalue weighted by Crippen LogP contribution is -2.35. The van der Waals surface area contributed by atoms with E-state index in [1.807, 2.05) is 0 Å². The van der Waals surface area contributed by atoms with Gasteiger partial charge in [0.25, 0.3) is 0 Å². The van der Waals surface area contributed by atoms with Gasteiger partial charge in [0.05, 0.1) is 24.8 Å². The van der Waals surface area contributed by atoms with E-state index >= 15 is 0 Å². The molecular weight excluding hydrogens is 278 g/mol. The Morgan fingerprint density at radius 1 is 1.11 bits per heavy atom. The van der Waals surface area contributed by atoms with Gasteiger partial charge in [-0.15, -0.1) is 0 Å². The Kier molecular flexibility index (Phi) is 4.36. The van der Waals surface area contributed by atoms with Crippen molar-refractivity contribution in [1.29, 1.82) is 0 Å². The first-order chi connectivity index (χ1) is 8.16. The van der Waals surface area contributed by atoms with Crippen LogP contribution in [0.15, 0.2) is 24.3 Å². The van der Waals surface area contributed by atoms with E-state index < -0.39 is 20.0 Å². The molecule has 0 saturated heterocycles. The summed E-state index contributed by atoms with van der Waals surface area (Å²) in [4.78, 5) is 0. The van der Waals surface area contributed by atoms with Crippen molar-refractivity contribution in [2.45, 2.75) is 6.61 Å². The van der Waals surface area contributed by atoms with E-state index in [1.165, 1.54) is 19.2 Å².